The normalized spacial score (nSPS) is 20.7. The Morgan fingerprint density at radius 2 is 2.03 bits per heavy atom. The van der Waals surface area contributed by atoms with E-state index in [4.69, 9.17) is 32.9 Å². The molecule has 12 heteroatoms. The Morgan fingerprint density at radius 1 is 1.34 bits per heavy atom. The van der Waals surface area contributed by atoms with E-state index in [1.54, 1.807) is 29.2 Å². The largest absolute Gasteiger partial charge is 0.480 e. The van der Waals surface area contributed by atoms with Crippen LogP contribution < -0.4 is 11.2 Å². The van der Waals surface area contributed by atoms with Crippen LogP contribution in [0.15, 0.2) is 44.5 Å². The van der Waals surface area contributed by atoms with Crippen molar-refractivity contribution in [3.8, 4) is 12.3 Å². The molecule has 0 unspecified atom stereocenters. The van der Waals surface area contributed by atoms with E-state index in [1.807, 2.05) is 0 Å². The molecule has 1 fully saturated rings. The standard InChI is InChI=1S/C20H16BrF3N2O5S/c1-2-7-29-14-8-16(26-9-13(20(22,23)24)17(27)25-19(26)28)31-15(14)10-30-18(32)11-3-5-12(21)6-4-11/h1,3-6,9,14-16H,7-8,10H2,(H,25,27,28)/t14-,15+,16+/m0/s1. The van der Waals surface area contributed by atoms with E-state index >= 15 is 0 Å². The number of hydrogen-bond acceptors (Lipinski definition) is 6. The molecule has 0 spiro atoms. The van der Waals surface area contributed by atoms with E-state index in [0.717, 1.165) is 4.47 Å². The number of nitrogens with zero attached hydrogens (tertiary/aromatic N) is 1. The first-order chi connectivity index (χ1) is 15.1. The predicted molar refractivity (Wildman–Crippen MR) is 115 cm³/mol. The van der Waals surface area contributed by atoms with Crippen LogP contribution in [0.4, 0.5) is 13.2 Å². The van der Waals surface area contributed by atoms with Crippen molar-refractivity contribution in [2.75, 3.05) is 13.2 Å². The summed E-state index contributed by atoms with van der Waals surface area (Å²) < 4.78 is 57.7. The van der Waals surface area contributed by atoms with Crippen molar-refractivity contribution in [2.24, 2.45) is 0 Å². The number of halogens is 4. The molecule has 2 aromatic rings. The lowest BCUT2D eigenvalue weighted by atomic mass is 10.2. The Kier molecular flexibility index (Phi) is 7.55. The zero-order valence-electron chi connectivity index (χ0n) is 16.2. The topological polar surface area (TPSA) is 82.6 Å². The number of ether oxygens (including phenoxy) is 3. The fraction of sp³-hybridized carbons (Fsp3) is 0.350. The highest BCUT2D eigenvalue weighted by Gasteiger charge is 2.40. The quantitative estimate of drug-likeness (QED) is 0.455. The number of aromatic amines is 1. The van der Waals surface area contributed by atoms with E-state index in [1.165, 1.54) is 0 Å². The monoisotopic (exact) mass is 532 g/mol. The lowest BCUT2D eigenvalue weighted by molar-refractivity contribution is -0.139. The lowest BCUT2D eigenvalue weighted by Crippen LogP contribution is -2.36. The summed E-state index contributed by atoms with van der Waals surface area (Å²) in [6.07, 6.45) is -1.89. The van der Waals surface area contributed by atoms with E-state index in [0.29, 0.717) is 16.3 Å². The number of terminal acetylenes is 1. The van der Waals surface area contributed by atoms with E-state index in [2.05, 4.69) is 21.9 Å². The minimum absolute atomic E-state index is 0.00397. The molecule has 1 N–H and O–H groups in total. The summed E-state index contributed by atoms with van der Waals surface area (Å²) in [5.41, 5.74) is -3.45. The van der Waals surface area contributed by atoms with Gasteiger partial charge in [0, 0.05) is 22.7 Å². The number of aromatic nitrogens is 2. The van der Waals surface area contributed by atoms with Crippen LogP contribution in [-0.2, 0) is 20.4 Å². The Hall–Kier alpha value is -2.46. The number of thiocarbonyl (C=S) groups is 1. The average Bonchev–Trinajstić information content (AvgIpc) is 3.12. The fourth-order valence-corrected chi connectivity index (χ4v) is 3.55. The van der Waals surface area contributed by atoms with Crippen LogP contribution in [0.2, 0.25) is 0 Å². The van der Waals surface area contributed by atoms with Gasteiger partial charge in [-0.15, -0.1) is 6.42 Å². The van der Waals surface area contributed by atoms with Crippen molar-refractivity contribution in [1.82, 2.24) is 9.55 Å². The Bertz CT molecular complexity index is 1140. The summed E-state index contributed by atoms with van der Waals surface area (Å²) in [5.74, 6) is 2.30. The molecule has 32 heavy (non-hydrogen) atoms. The first kappa shape index (κ1) is 24.2. The van der Waals surface area contributed by atoms with Gasteiger partial charge in [0.25, 0.3) is 5.56 Å². The highest BCUT2D eigenvalue weighted by Crippen LogP contribution is 2.32. The molecule has 0 bridgehead atoms. The molecule has 1 aliphatic rings. The van der Waals surface area contributed by atoms with Gasteiger partial charge in [-0.2, -0.15) is 13.2 Å². The van der Waals surface area contributed by atoms with E-state index in [-0.39, 0.29) is 24.7 Å². The summed E-state index contributed by atoms with van der Waals surface area (Å²) in [4.78, 5) is 25.3. The molecule has 1 aromatic heterocycles. The van der Waals surface area contributed by atoms with Crippen molar-refractivity contribution in [1.29, 1.82) is 0 Å². The number of benzene rings is 1. The molecule has 0 radical (unpaired) electrons. The van der Waals surface area contributed by atoms with Crippen LogP contribution in [-0.4, -0.2) is 40.0 Å². The maximum absolute atomic E-state index is 13.1. The third-order valence-electron chi connectivity index (χ3n) is 4.60. The van der Waals surface area contributed by atoms with Crippen LogP contribution in [0, 0.1) is 12.3 Å². The minimum atomic E-state index is -4.94. The van der Waals surface area contributed by atoms with Gasteiger partial charge in [-0.25, -0.2) is 4.79 Å². The van der Waals surface area contributed by atoms with Gasteiger partial charge in [0.1, 0.15) is 31.1 Å². The van der Waals surface area contributed by atoms with Crippen LogP contribution in [0.25, 0.3) is 0 Å². The SMILES string of the molecule is C#CCO[C@H]1C[C@H](n2cc(C(F)(F)F)c(=O)[nH]c2=O)O[C@@H]1COC(=S)c1ccc(Br)cc1. The van der Waals surface area contributed by atoms with Crippen molar-refractivity contribution in [3.63, 3.8) is 0 Å². The van der Waals surface area contributed by atoms with Gasteiger partial charge in [-0.1, -0.05) is 21.9 Å². The van der Waals surface area contributed by atoms with Gasteiger partial charge in [0.05, 0.1) is 6.10 Å². The number of nitrogens with one attached hydrogen (secondary N) is 1. The average molecular weight is 533 g/mol. The lowest BCUT2D eigenvalue weighted by Gasteiger charge is -2.19. The highest BCUT2D eigenvalue weighted by molar-refractivity contribution is 9.10. The Morgan fingerprint density at radius 3 is 2.66 bits per heavy atom. The zero-order valence-corrected chi connectivity index (χ0v) is 18.6. The number of H-pyrrole nitrogens is 1. The van der Waals surface area contributed by atoms with Gasteiger partial charge >= 0.3 is 11.9 Å². The second-order valence-electron chi connectivity index (χ2n) is 6.73. The maximum atomic E-state index is 13.1. The van der Waals surface area contributed by atoms with Crippen molar-refractivity contribution >= 4 is 33.2 Å². The second-order valence-corrected chi connectivity index (χ2v) is 8.02. The molecular weight excluding hydrogens is 517 g/mol. The van der Waals surface area contributed by atoms with Crippen LogP contribution in [0.3, 0.4) is 0 Å². The number of alkyl halides is 3. The maximum Gasteiger partial charge on any atom is 0.423 e. The molecule has 1 aliphatic heterocycles. The molecule has 0 amide bonds. The summed E-state index contributed by atoms with van der Waals surface area (Å²) in [7, 11) is 0. The fourth-order valence-electron chi connectivity index (χ4n) is 3.08. The molecule has 0 saturated carbocycles. The summed E-state index contributed by atoms with van der Waals surface area (Å²) in [6.45, 7) is -0.173. The van der Waals surface area contributed by atoms with Gasteiger partial charge in [-0.05, 0) is 36.5 Å². The molecule has 1 saturated heterocycles. The molecule has 170 valence electrons. The van der Waals surface area contributed by atoms with Crippen molar-refractivity contribution < 1.29 is 27.4 Å². The van der Waals surface area contributed by atoms with E-state index in [9.17, 15) is 22.8 Å². The van der Waals surface area contributed by atoms with Gasteiger partial charge in [0.2, 0.25) is 0 Å². The molecule has 1 aromatic carbocycles. The smallest absolute Gasteiger partial charge is 0.423 e. The molecule has 2 heterocycles. The third kappa shape index (κ3) is 5.66. The van der Waals surface area contributed by atoms with E-state index < -0.39 is 41.4 Å². The molecule has 3 rings (SSSR count). The zero-order chi connectivity index (χ0) is 23.5. The Labute approximate surface area is 193 Å². The summed E-state index contributed by atoms with van der Waals surface area (Å²) >= 11 is 8.57. The van der Waals surface area contributed by atoms with Gasteiger partial charge in [-0.3, -0.25) is 14.3 Å². The predicted octanol–water partition coefficient (Wildman–Crippen LogP) is 3.02. The van der Waals surface area contributed by atoms with Gasteiger partial charge in [0.15, 0.2) is 5.05 Å². The highest BCUT2D eigenvalue weighted by atomic mass is 79.9. The third-order valence-corrected chi connectivity index (χ3v) is 5.49. The summed E-state index contributed by atoms with van der Waals surface area (Å²) in [5, 5.41) is 0.181. The number of hydrogen-bond donors (Lipinski definition) is 1. The molecular formula is C20H16BrF3N2O5S. The van der Waals surface area contributed by atoms with Gasteiger partial charge < -0.3 is 14.2 Å². The van der Waals surface area contributed by atoms with Crippen molar-refractivity contribution in [2.45, 2.75) is 31.0 Å². The van der Waals surface area contributed by atoms with Crippen molar-refractivity contribution in [3.05, 3.63) is 66.9 Å². The van der Waals surface area contributed by atoms with Crippen LogP contribution in [0.5, 0.6) is 0 Å². The first-order valence-electron chi connectivity index (χ1n) is 9.16. The number of rotatable bonds is 6. The summed E-state index contributed by atoms with van der Waals surface area (Å²) in [6, 6.07) is 7.06. The molecule has 3 atom stereocenters. The molecule has 7 nitrogen and oxygen atoms in total. The first-order valence-corrected chi connectivity index (χ1v) is 10.4. The second kappa shape index (κ2) is 9.99. The molecule has 0 aliphatic carbocycles. The van der Waals surface area contributed by atoms with Crippen LogP contribution >= 0.6 is 28.1 Å². The Balaban J connectivity index is 1.79. The van der Waals surface area contributed by atoms with Crippen LogP contribution in [0.1, 0.15) is 23.8 Å². The minimum Gasteiger partial charge on any atom is -0.480 e.